The standard InChI is InChI=1S/C20H16FN5O2S/c1-28-14-8-6-13(7-9-14)16-10-11-18-23-24-20(26(18)25-16)29-12-19(27)22-17-5-3-2-4-15(17)21/h2-11H,12H2,1H3,(H,22,27). The Labute approximate surface area is 169 Å². The van der Waals surface area contributed by atoms with Gasteiger partial charge >= 0.3 is 0 Å². The fourth-order valence-corrected chi connectivity index (χ4v) is 3.34. The Bertz CT molecular complexity index is 1160. The van der Waals surface area contributed by atoms with Crippen molar-refractivity contribution < 1.29 is 13.9 Å². The molecule has 0 saturated carbocycles. The molecule has 146 valence electrons. The highest BCUT2D eigenvalue weighted by atomic mass is 32.2. The lowest BCUT2D eigenvalue weighted by Gasteiger charge is -2.06. The van der Waals surface area contributed by atoms with E-state index in [2.05, 4.69) is 20.6 Å². The minimum absolute atomic E-state index is 0.0452. The fraction of sp³-hybridized carbons (Fsp3) is 0.100. The molecule has 0 atom stereocenters. The van der Waals surface area contributed by atoms with Crippen LogP contribution in [0.4, 0.5) is 10.1 Å². The molecule has 0 fully saturated rings. The molecule has 7 nitrogen and oxygen atoms in total. The summed E-state index contributed by atoms with van der Waals surface area (Å²) >= 11 is 1.17. The number of para-hydroxylation sites is 1. The van der Waals surface area contributed by atoms with Crippen molar-refractivity contribution in [2.45, 2.75) is 5.16 Å². The molecule has 0 radical (unpaired) electrons. The molecule has 2 aromatic heterocycles. The van der Waals surface area contributed by atoms with E-state index in [1.54, 1.807) is 23.8 Å². The third-order valence-electron chi connectivity index (χ3n) is 4.10. The monoisotopic (exact) mass is 409 g/mol. The topological polar surface area (TPSA) is 81.4 Å². The van der Waals surface area contributed by atoms with Gasteiger partial charge in [-0.1, -0.05) is 23.9 Å². The summed E-state index contributed by atoms with van der Waals surface area (Å²) < 4.78 is 20.4. The van der Waals surface area contributed by atoms with Crippen molar-refractivity contribution in [3.63, 3.8) is 0 Å². The van der Waals surface area contributed by atoms with Crippen LogP contribution in [0.5, 0.6) is 5.75 Å². The largest absolute Gasteiger partial charge is 0.497 e. The number of benzene rings is 2. The summed E-state index contributed by atoms with van der Waals surface area (Å²) in [5.74, 6) is -0.0206. The maximum atomic E-state index is 13.7. The quantitative estimate of drug-likeness (QED) is 0.490. The van der Waals surface area contributed by atoms with Gasteiger partial charge in [-0.2, -0.15) is 9.61 Å². The molecule has 1 N–H and O–H groups in total. The number of anilines is 1. The molecular weight excluding hydrogens is 393 g/mol. The maximum Gasteiger partial charge on any atom is 0.234 e. The molecule has 0 unspecified atom stereocenters. The first-order valence-corrected chi connectivity index (χ1v) is 9.66. The van der Waals surface area contributed by atoms with Gasteiger partial charge in [0.25, 0.3) is 0 Å². The second-order valence-corrected chi connectivity index (χ2v) is 6.96. The third kappa shape index (κ3) is 4.19. The van der Waals surface area contributed by atoms with Gasteiger partial charge in [-0.3, -0.25) is 4.79 Å². The fourth-order valence-electron chi connectivity index (χ4n) is 2.65. The maximum absolute atomic E-state index is 13.7. The molecule has 4 rings (SSSR count). The summed E-state index contributed by atoms with van der Waals surface area (Å²) in [5.41, 5.74) is 2.36. The molecule has 0 aliphatic rings. The Balaban J connectivity index is 1.50. The first kappa shape index (κ1) is 18.9. The van der Waals surface area contributed by atoms with E-state index in [-0.39, 0.29) is 17.3 Å². The number of halogens is 1. The molecule has 1 amide bonds. The van der Waals surface area contributed by atoms with Crippen LogP contribution in [0.15, 0.2) is 65.8 Å². The second kappa shape index (κ2) is 8.27. The van der Waals surface area contributed by atoms with Crippen LogP contribution in [0.2, 0.25) is 0 Å². The lowest BCUT2D eigenvalue weighted by molar-refractivity contribution is -0.113. The van der Waals surface area contributed by atoms with E-state index >= 15 is 0 Å². The Morgan fingerprint density at radius 1 is 1.10 bits per heavy atom. The summed E-state index contributed by atoms with van der Waals surface area (Å²) in [7, 11) is 1.61. The third-order valence-corrected chi connectivity index (χ3v) is 5.02. The smallest absolute Gasteiger partial charge is 0.234 e. The Hall–Kier alpha value is -3.46. The van der Waals surface area contributed by atoms with Crippen LogP contribution >= 0.6 is 11.8 Å². The van der Waals surface area contributed by atoms with E-state index in [9.17, 15) is 9.18 Å². The zero-order valence-corrected chi connectivity index (χ0v) is 16.2. The molecule has 2 heterocycles. The molecule has 0 bridgehead atoms. The predicted molar refractivity (Wildman–Crippen MR) is 109 cm³/mol. The molecule has 0 aliphatic heterocycles. The number of nitrogens with one attached hydrogen (secondary N) is 1. The van der Waals surface area contributed by atoms with Gasteiger partial charge in [0.05, 0.1) is 24.2 Å². The number of ether oxygens (including phenoxy) is 1. The number of rotatable bonds is 6. The van der Waals surface area contributed by atoms with Crippen LogP contribution < -0.4 is 10.1 Å². The zero-order valence-electron chi connectivity index (χ0n) is 15.4. The van der Waals surface area contributed by atoms with E-state index in [0.717, 1.165) is 17.0 Å². The van der Waals surface area contributed by atoms with E-state index < -0.39 is 5.82 Å². The number of carbonyl (C=O) groups excluding carboxylic acids is 1. The zero-order chi connectivity index (χ0) is 20.2. The lowest BCUT2D eigenvalue weighted by Crippen LogP contribution is -2.15. The average molecular weight is 409 g/mol. The highest BCUT2D eigenvalue weighted by Crippen LogP contribution is 2.23. The number of nitrogens with zero attached hydrogens (tertiary/aromatic N) is 4. The van der Waals surface area contributed by atoms with E-state index in [0.29, 0.717) is 10.8 Å². The first-order chi connectivity index (χ1) is 14.1. The summed E-state index contributed by atoms with van der Waals surface area (Å²) in [6.45, 7) is 0. The van der Waals surface area contributed by atoms with Crippen molar-refractivity contribution in [1.29, 1.82) is 0 Å². The van der Waals surface area contributed by atoms with Crippen LogP contribution in [-0.2, 0) is 4.79 Å². The number of hydrogen-bond acceptors (Lipinski definition) is 6. The van der Waals surface area contributed by atoms with E-state index in [1.165, 1.54) is 23.9 Å². The van der Waals surface area contributed by atoms with Crippen molar-refractivity contribution in [2.24, 2.45) is 0 Å². The van der Waals surface area contributed by atoms with Gasteiger partial charge in [-0.05, 0) is 48.5 Å². The number of carbonyl (C=O) groups is 1. The highest BCUT2D eigenvalue weighted by molar-refractivity contribution is 7.99. The van der Waals surface area contributed by atoms with Crippen molar-refractivity contribution in [1.82, 2.24) is 19.8 Å². The molecule has 0 spiro atoms. The van der Waals surface area contributed by atoms with Gasteiger partial charge in [0.2, 0.25) is 11.1 Å². The molecule has 9 heteroatoms. The van der Waals surface area contributed by atoms with Crippen molar-refractivity contribution in [2.75, 3.05) is 18.2 Å². The Morgan fingerprint density at radius 3 is 2.66 bits per heavy atom. The van der Waals surface area contributed by atoms with E-state index in [4.69, 9.17) is 4.74 Å². The molecule has 0 aliphatic carbocycles. The number of aromatic nitrogens is 4. The Morgan fingerprint density at radius 2 is 1.90 bits per heavy atom. The molecule has 29 heavy (non-hydrogen) atoms. The number of amides is 1. The van der Waals surface area contributed by atoms with Crippen LogP contribution in [0.3, 0.4) is 0 Å². The van der Waals surface area contributed by atoms with Crippen molar-refractivity contribution in [3.05, 3.63) is 66.5 Å². The van der Waals surface area contributed by atoms with E-state index in [1.807, 2.05) is 36.4 Å². The summed E-state index contributed by atoms with van der Waals surface area (Å²) in [4.78, 5) is 12.2. The normalized spacial score (nSPS) is 10.8. The summed E-state index contributed by atoms with van der Waals surface area (Å²) in [6.07, 6.45) is 0. The SMILES string of the molecule is COc1ccc(-c2ccc3nnc(SCC(=O)Nc4ccccc4F)n3n2)cc1. The number of methoxy groups -OCH3 is 1. The van der Waals surface area contributed by atoms with Crippen LogP contribution in [-0.4, -0.2) is 38.6 Å². The minimum atomic E-state index is -0.482. The van der Waals surface area contributed by atoms with Crippen LogP contribution in [0.1, 0.15) is 0 Å². The predicted octanol–water partition coefficient (Wildman–Crippen LogP) is 3.67. The number of hydrogen-bond donors (Lipinski definition) is 1. The van der Waals surface area contributed by atoms with Crippen molar-refractivity contribution >= 4 is 29.0 Å². The number of thioether (sulfide) groups is 1. The average Bonchev–Trinajstić information content (AvgIpc) is 3.16. The summed E-state index contributed by atoms with van der Waals surface area (Å²) in [6, 6.07) is 17.2. The Kier molecular flexibility index (Phi) is 5.39. The number of fused-ring (bicyclic) bond motifs is 1. The van der Waals surface area contributed by atoms with Crippen molar-refractivity contribution in [3.8, 4) is 17.0 Å². The van der Waals surface area contributed by atoms with Gasteiger partial charge in [0, 0.05) is 5.56 Å². The molecule has 4 aromatic rings. The minimum Gasteiger partial charge on any atom is -0.497 e. The first-order valence-electron chi connectivity index (χ1n) is 8.68. The molecular formula is C20H16FN5O2S. The van der Waals surface area contributed by atoms with Gasteiger partial charge in [-0.25, -0.2) is 4.39 Å². The second-order valence-electron chi connectivity index (χ2n) is 6.02. The summed E-state index contributed by atoms with van der Waals surface area (Å²) in [5, 5.41) is 15.8. The van der Waals surface area contributed by atoms with Gasteiger partial charge in [-0.15, -0.1) is 10.2 Å². The molecule has 2 aromatic carbocycles. The molecule has 0 saturated heterocycles. The lowest BCUT2D eigenvalue weighted by atomic mass is 10.1. The van der Waals surface area contributed by atoms with Crippen LogP contribution in [0, 0.1) is 5.82 Å². The van der Waals surface area contributed by atoms with Gasteiger partial charge < -0.3 is 10.1 Å². The van der Waals surface area contributed by atoms with Gasteiger partial charge in [0.15, 0.2) is 5.65 Å². The van der Waals surface area contributed by atoms with Crippen LogP contribution in [0.25, 0.3) is 16.9 Å². The van der Waals surface area contributed by atoms with Gasteiger partial charge in [0.1, 0.15) is 11.6 Å². The highest BCUT2D eigenvalue weighted by Gasteiger charge is 2.13.